The standard InChI is InChI=1S/C19H20N4O4S2/c1-27-16-9-3-2-7-14(16)20-19(24)13-6-5-11-23(12-13)29(25,26)17-10-4-8-15-18(17)22-28-21-15/h2-4,7-10,13H,5-6,11-12H2,1H3,(H,20,24)/t13-/m1/s1. The first-order valence-electron chi connectivity index (χ1n) is 9.16. The molecule has 0 radical (unpaired) electrons. The number of fused-ring (bicyclic) bond motifs is 1. The summed E-state index contributed by atoms with van der Waals surface area (Å²) < 4.78 is 41.4. The first kappa shape index (κ1) is 19.7. The van der Waals surface area contributed by atoms with E-state index in [1.165, 1.54) is 17.5 Å². The minimum atomic E-state index is -3.78. The fraction of sp³-hybridized carbons (Fsp3) is 0.316. The van der Waals surface area contributed by atoms with Gasteiger partial charge in [0, 0.05) is 13.1 Å². The van der Waals surface area contributed by atoms with Crippen LogP contribution in [0.1, 0.15) is 12.8 Å². The van der Waals surface area contributed by atoms with E-state index in [0.29, 0.717) is 41.9 Å². The third-order valence-corrected chi connectivity index (χ3v) is 7.43. The number of nitrogens with zero attached hydrogens (tertiary/aromatic N) is 3. The summed E-state index contributed by atoms with van der Waals surface area (Å²) in [5.74, 6) is -0.108. The van der Waals surface area contributed by atoms with Gasteiger partial charge in [0.15, 0.2) is 0 Å². The Hall–Kier alpha value is -2.56. The van der Waals surface area contributed by atoms with E-state index in [4.69, 9.17) is 4.74 Å². The number of carbonyl (C=O) groups excluding carboxylic acids is 1. The molecule has 0 bridgehead atoms. The van der Waals surface area contributed by atoms with Crippen LogP contribution in [0.3, 0.4) is 0 Å². The predicted molar refractivity (Wildman–Crippen MR) is 111 cm³/mol. The Bertz CT molecular complexity index is 1150. The molecule has 3 aromatic rings. The summed E-state index contributed by atoms with van der Waals surface area (Å²) in [6, 6.07) is 12.1. The van der Waals surface area contributed by atoms with Crippen molar-refractivity contribution in [3.05, 3.63) is 42.5 Å². The number of rotatable bonds is 5. The summed E-state index contributed by atoms with van der Waals surface area (Å²) in [6.07, 6.45) is 1.23. The SMILES string of the molecule is COc1ccccc1NC(=O)[C@@H]1CCCN(S(=O)(=O)c2cccc3nsnc23)C1. The summed E-state index contributed by atoms with van der Waals surface area (Å²) >= 11 is 0.981. The molecule has 1 N–H and O–H groups in total. The highest BCUT2D eigenvalue weighted by atomic mass is 32.2. The molecule has 1 saturated heterocycles. The van der Waals surface area contributed by atoms with E-state index in [0.717, 1.165) is 11.7 Å². The molecular weight excluding hydrogens is 412 g/mol. The Morgan fingerprint density at radius 1 is 1.21 bits per heavy atom. The number of sulfonamides is 1. The van der Waals surface area contributed by atoms with Gasteiger partial charge in [-0.1, -0.05) is 18.2 Å². The smallest absolute Gasteiger partial charge is 0.245 e. The lowest BCUT2D eigenvalue weighted by Gasteiger charge is -2.31. The molecule has 2 heterocycles. The highest BCUT2D eigenvalue weighted by molar-refractivity contribution is 7.89. The van der Waals surface area contributed by atoms with Crippen molar-refractivity contribution in [1.29, 1.82) is 0 Å². The lowest BCUT2D eigenvalue weighted by atomic mass is 9.98. The first-order valence-corrected chi connectivity index (χ1v) is 11.3. The van der Waals surface area contributed by atoms with Crippen molar-refractivity contribution in [2.75, 3.05) is 25.5 Å². The largest absolute Gasteiger partial charge is 0.495 e. The summed E-state index contributed by atoms with van der Waals surface area (Å²) in [4.78, 5) is 12.9. The normalized spacial score (nSPS) is 17.9. The number of benzene rings is 2. The molecule has 0 spiro atoms. The molecule has 10 heteroatoms. The lowest BCUT2D eigenvalue weighted by Crippen LogP contribution is -2.43. The molecule has 1 aromatic heterocycles. The third kappa shape index (κ3) is 3.83. The van der Waals surface area contributed by atoms with E-state index in [2.05, 4.69) is 14.1 Å². The van der Waals surface area contributed by atoms with Gasteiger partial charge in [0.2, 0.25) is 15.9 Å². The van der Waals surface area contributed by atoms with Gasteiger partial charge in [0.25, 0.3) is 0 Å². The quantitative estimate of drug-likeness (QED) is 0.665. The molecule has 1 amide bonds. The van der Waals surface area contributed by atoms with E-state index in [9.17, 15) is 13.2 Å². The summed E-state index contributed by atoms with van der Waals surface area (Å²) in [7, 11) is -2.24. The molecule has 0 saturated carbocycles. The molecule has 1 aliphatic heterocycles. The Balaban J connectivity index is 1.55. The van der Waals surface area contributed by atoms with Crippen molar-refractivity contribution in [3.8, 4) is 5.75 Å². The number of hydrogen-bond acceptors (Lipinski definition) is 7. The Kier molecular flexibility index (Phi) is 5.48. The minimum Gasteiger partial charge on any atom is -0.495 e. The third-order valence-electron chi connectivity index (χ3n) is 4.99. The van der Waals surface area contributed by atoms with Crippen molar-refractivity contribution in [3.63, 3.8) is 0 Å². The molecule has 1 aliphatic rings. The zero-order valence-corrected chi connectivity index (χ0v) is 17.4. The van der Waals surface area contributed by atoms with Crippen LogP contribution in [-0.2, 0) is 14.8 Å². The topological polar surface area (TPSA) is 101 Å². The van der Waals surface area contributed by atoms with Gasteiger partial charge in [-0.15, -0.1) is 0 Å². The number of carbonyl (C=O) groups is 1. The molecule has 0 unspecified atom stereocenters. The summed E-state index contributed by atoms with van der Waals surface area (Å²) in [5, 5.41) is 2.86. The second-order valence-electron chi connectivity index (χ2n) is 6.78. The number of ether oxygens (including phenoxy) is 1. The number of hydrogen-bond donors (Lipinski definition) is 1. The Morgan fingerprint density at radius 3 is 2.86 bits per heavy atom. The molecular formula is C19H20N4O4S2. The van der Waals surface area contributed by atoms with Gasteiger partial charge < -0.3 is 10.1 Å². The van der Waals surface area contributed by atoms with E-state index >= 15 is 0 Å². The molecule has 8 nitrogen and oxygen atoms in total. The predicted octanol–water partition coefficient (Wildman–Crippen LogP) is 2.74. The van der Waals surface area contributed by atoms with Crippen LogP contribution in [0.5, 0.6) is 5.75 Å². The van der Waals surface area contributed by atoms with Gasteiger partial charge in [-0.05, 0) is 37.1 Å². The van der Waals surface area contributed by atoms with Crippen LogP contribution in [0.25, 0.3) is 11.0 Å². The van der Waals surface area contributed by atoms with E-state index in [1.807, 2.05) is 6.07 Å². The molecule has 1 fully saturated rings. The number of aromatic nitrogens is 2. The second kappa shape index (κ2) is 8.05. The van der Waals surface area contributed by atoms with E-state index in [1.54, 1.807) is 30.3 Å². The maximum absolute atomic E-state index is 13.2. The van der Waals surface area contributed by atoms with Crippen molar-refractivity contribution < 1.29 is 17.9 Å². The maximum Gasteiger partial charge on any atom is 0.245 e. The zero-order valence-electron chi connectivity index (χ0n) is 15.7. The molecule has 0 aliphatic carbocycles. The van der Waals surface area contributed by atoms with E-state index in [-0.39, 0.29) is 17.3 Å². The summed E-state index contributed by atoms with van der Waals surface area (Å²) in [5.41, 5.74) is 1.50. The van der Waals surface area contributed by atoms with Crippen LogP contribution in [0, 0.1) is 5.92 Å². The van der Waals surface area contributed by atoms with Crippen LogP contribution in [0.2, 0.25) is 0 Å². The average Bonchev–Trinajstić information content (AvgIpc) is 3.23. The molecule has 152 valence electrons. The van der Waals surface area contributed by atoms with Gasteiger partial charge >= 0.3 is 0 Å². The Labute approximate surface area is 172 Å². The fourth-order valence-corrected chi connectivity index (χ4v) is 5.76. The number of piperidine rings is 1. The minimum absolute atomic E-state index is 0.122. The maximum atomic E-state index is 13.2. The van der Waals surface area contributed by atoms with E-state index < -0.39 is 15.9 Å². The van der Waals surface area contributed by atoms with Crippen LogP contribution < -0.4 is 10.1 Å². The van der Waals surface area contributed by atoms with Crippen molar-refractivity contribution in [2.24, 2.45) is 5.92 Å². The number of amides is 1. The zero-order chi connectivity index (χ0) is 20.4. The van der Waals surface area contributed by atoms with Crippen LogP contribution in [0.15, 0.2) is 47.4 Å². The van der Waals surface area contributed by atoms with Crippen LogP contribution in [0.4, 0.5) is 5.69 Å². The van der Waals surface area contributed by atoms with Crippen LogP contribution >= 0.6 is 11.7 Å². The monoisotopic (exact) mass is 432 g/mol. The second-order valence-corrected chi connectivity index (χ2v) is 9.21. The van der Waals surface area contributed by atoms with Gasteiger partial charge in [0.1, 0.15) is 21.7 Å². The highest BCUT2D eigenvalue weighted by Crippen LogP contribution is 2.29. The van der Waals surface area contributed by atoms with Crippen molar-refractivity contribution in [1.82, 2.24) is 13.1 Å². The number of anilines is 1. The first-order chi connectivity index (χ1) is 14.0. The molecule has 29 heavy (non-hydrogen) atoms. The average molecular weight is 433 g/mol. The fourth-order valence-electron chi connectivity index (χ4n) is 3.49. The molecule has 4 rings (SSSR count). The number of nitrogens with one attached hydrogen (secondary N) is 1. The number of para-hydroxylation sites is 2. The van der Waals surface area contributed by atoms with Gasteiger partial charge in [-0.2, -0.15) is 13.1 Å². The van der Waals surface area contributed by atoms with Crippen molar-refractivity contribution >= 4 is 44.4 Å². The van der Waals surface area contributed by atoms with Gasteiger partial charge in [0.05, 0.1) is 30.4 Å². The highest BCUT2D eigenvalue weighted by Gasteiger charge is 2.34. The lowest BCUT2D eigenvalue weighted by molar-refractivity contribution is -0.120. The molecule has 2 aromatic carbocycles. The summed E-state index contributed by atoms with van der Waals surface area (Å²) in [6.45, 7) is 0.492. The van der Waals surface area contributed by atoms with Gasteiger partial charge in [-0.3, -0.25) is 4.79 Å². The number of methoxy groups -OCH3 is 1. The van der Waals surface area contributed by atoms with Crippen LogP contribution in [-0.4, -0.2) is 47.6 Å². The van der Waals surface area contributed by atoms with Crippen molar-refractivity contribution in [2.45, 2.75) is 17.7 Å². The van der Waals surface area contributed by atoms with Gasteiger partial charge in [-0.25, -0.2) is 8.42 Å². The Morgan fingerprint density at radius 2 is 2.03 bits per heavy atom. The molecule has 1 atom stereocenters.